The lowest BCUT2D eigenvalue weighted by Crippen LogP contribution is -2.20. The van der Waals surface area contributed by atoms with E-state index in [0.717, 1.165) is 0 Å². The summed E-state index contributed by atoms with van der Waals surface area (Å²) in [7, 11) is -3.55. The number of esters is 1. The average Bonchev–Trinajstić information content (AvgIpc) is 2.39. The molecule has 1 atom stereocenters. The van der Waals surface area contributed by atoms with Gasteiger partial charge in [0.15, 0.2) is 0 Å². The molecule has 0 saturated carbocycles. The Bertz CT molecular complexity index is 296. The van der Waals surface area contributed by atoms with Crippen molar-refractivity contribution in [2.75, 3.05) is 19.1 Å². The fraction of sp³-hybridized carbons (Fsp3) is 0.727. The van der Waals surface area contributed by atoms with E-state index in [1.165, 1.54) is 6.08 Å². The molecule has 18 heavy (non-hydrogen) atoms. The molecule has 0 aromatic heterocycles. The summed E-state index contributed by atoms with van der Waals surface area (Å²) in [6.45, 7) is 7.73. The molecule has 0 bridgehead atoms. The molecule has 0 aromatic carbocycles. The lowest BCUT2D eigenvalue weighted by atomic mass is 10.5. The number of halogens is 1. The Balaban J connectivity index is 4.81. The summed E-state index contributed by atoms with van der Waals surface area (Å²) in [6, 6.07) is 0. The van der Waals surface area contributed by atoms with Gasteiger partial charge in [0, 0.05) is 0 Å². The molecule has 0 heterocycles. The van der Waals surface area contributed by atoms with Gasteiger partial charge < -0.3 is 13.8 Å². The molecule has 0 N–H and O–H groups in total. The van der Waals surface area contributed by atoms with E-state index < -0.39 is 19.4 Å². The summed E-state index contributed by atoms with van der Waals surface area (Å²) in [4.78, 5) is 11.1. The SMILES string of the molecule is C=CC(OC(=O)CCl)P(=O)(OCCC)OCCC. The maximum Gasteiger partial charge on any atom is 0.374 e. The molecular formula is C11H20ClO5P. The van der Waals surface area contributed by atoms with Gasteiger partial charge >= 0.3 is 13.6 Å². The van der Waals surface area contributed by atoms with Gasteiger partial charge in [0.1, 0.15) is 5.88 Å². The lowest BCUT2D eigenvalue weighted by Gasteiger charge is -2.24. The fourth-order valence-corrected chi connectivity index (χ4v) is 2.84. The molecule has 0 aliphatic carbocycles. The van der Waals surface area contributed by atoms with Crippen molar-refractivity contribution in [2.45, 2.75) is 32.5 Å². The van der Waals surface area contributed by atoms with Gasteiger partial charge in [0.2, 0.25) is 5.85 Å². The van der Waals surface area contributed by atoms with Crippen LogP contribution in [0, 0.1) is 0 Å². The van der Waals surface area contributed by atoms with Crippen LogP contribution in [0.2, 0.25) is 0 Å². The van der Waals surface area contributed by atoms with Crippen LogP contribution in [-0.4, -0.2) is 30.9 Å². The molecule has 106 valence electrons. The van der Waals surface area contributed by atoms with Crippen LogP contribution < -0.4 is 0 Å². The third-order valence-corrected chi connectivity index (χ3v) is 4.07. The average molecular weight is 299 g/mol. The highest BCUT2D eigenvalue weighted by Crippen LogP contribution is 2.54. The van der Waals surface area contributed by atoms with Crippen LogP contribution in [0.1, 0.15) is 26.7 Å². The Labute approximate surface area is 113 Å². The zero-order chi connectivity index (χ0) is 14.0. The van der Waals surface area contributed by atoms with Crippen LogP contribution in [0.4, 0.5) is 0 Å². The van der Waals surface area contributed by atoms with Gasteiger partial charge in [0.25, 0.3) is 0 Å². The Morgan fingerprint density at radius 3 is 2.17 bits per heavy atom. The zero-order valence-corrected chi connectivity index (χ0v) is 12.4. The molecule has 0 aromatic rings. The van der Waals surface area contributed by atoms with Crippen molar-refractivity contribution in [2.24, 2.45) is 0 Å². The summed E-state index contributed by atoms with van der Waals surface area (Å²) in [5, 5.41) is 0. The van der Waals surface area contributed by atoms with Crippen molar-refractivity contribution >= 4 is 25.2 Å². The smallest absolute Gasteiger partial charge is 0.374 e. The van der Waals surface area contributed by atoms with Crippen molar-refractivity contribution < 1.29 is 23.1 Å². The number of carbonyl (C=O) groups is 1. The molecule has 0 aliphatic heterocycles. The highest BCUT2D eigenvalue weighted by atomic mass is 35.5. The van der Waals surface area contributed by atoms with E-state index in [1.54, 1.807) is 0 Å². The minimum atomic E-state index is -3.55. The third kappa shape index (κ3) is 6.01. The topological polar surface area (TPSA) is 61.8 Å². The van der Waals surface area contributed by atoms with Crippen molar-refractivity contribution in [3.8, 4) is 0 Å². The second-order valence-corrected chi connectivity index (χ2v) is 5.83. The first kappa shape index (κ1) is 17.6. The molecule has 0 spiro atoms. The van der Waals surface area contributed by atoms with Gasteiger partial charge in [-0.3, -0.25) is 9.36 Å². The first-order chi connectivity index (χ1) is 8.53. The number of carbonyl (C=O) groups excluding carboxylic acids is 1. The number of rotatable bonds is 10. The zero-order valence-electron chi connectivity index (χ0n) is 10.8. The summed E-state index contributed by atoms with van der Waals surface area (Å²) >= 11 is 5.33. The van der Waals surface area contributed by atoms with Crippen molar-refractivity contribution in [1.82, 2.24) is 0 Å². The second kappa shape index (κ2) is 9.56. The predicted octanol–water partition coefficient (Wildman–Crippen LogP) is 3.33. The minimum Gasteiger partial charge on any atom is -0.444 e. The summed E-state index contributed by atoms with van der Waals surface area (Å²) in [6.07, 6.45) is 2.58. The molecule has 0 amide bonds. The molecule has 0 aliphatic rings. The lowest BCUT2D eigenvalue weighted by molar-refractivity contribution is -0.141. The van der Waals surface area contributed by atoms with Crippen molar-refractivity contribution in [1.29, 1.82) is 0 Å². The number of hydrogen-bond acceptors (Lipinski definition) is 5. The predicted molar refractivity (Wildman–Crippen MR) is 70.9 cm³/mol. The van der Waals surface area contributed by atoms with Crippen molar-refractivity contribution in [3.05, 3.63) is 12.7 Å². The van der Waals surface area contributed by atoms with E-state index in [0.29, 0.717) is 12.8 Å². The van der Waals surface area contributed by atoms with Crippen LogP contribution in [0.5, 0.6) is 0 Å². The van der Waals surface area contributed by atoms with E-state index in [4.69, 9.17) is 25.4 Å². The van der Waals surface area contributed by atoms with E-state index >= 15 is 0 Å². The van der Waals surface area contributed by atoms with Gasteiger partial charge in [-0.25, -0.2) is 0 Å². The molecule has 7 heteroatoms. The van der Waals surface area contributed by atoms with Gasteiger partial charge in [-0.05, 0) is 18.9 Å². The van der Waals surface area contributed by atoms with Crippen LogP contribution >= 0.6 is 19.2 Å². The van der Waals surface area contributed by atoms with Crippen molar-refractivity contribution in [3.63, 3.8) is 0 Å². The summed E-state index contributed by atoms with van der Waals surface area (Å²) < 4.78 is 27.8. The molecule has 0 saturated heterocycles. The number of alkyl halides is 1. The minimum absolute atomic E-state index is 0.254. The molecule has 1 unspecified atom stereocenters. The van der Waals surface area contributed by atoms with Crippen LogP contribution in [0.15, 0.2) is 12.7 Å². The van der Waals surface area contributed by atoms with Gasteiger partial charge in [0.05, 0.1) is 13.2 Å². The number of hydrogen-bond donors (Lipinski definition) is 0. The van der Waals surface area contributed by atoms with Gasteiger partial charge in [-0.1, -0.05) is 20.4 Å². The first-order valence-electron chi connectivity index (χ1n) is 5.80. The Morgan fingerprint density at radius 1 is 1.33 bits per heavy atom. The largest absolute Gasteiger partial charge is 0.444 e. The third-order valence-electron chi connectivity index (χ3n) is 1.83. The maximum absolute atomic E-state index is 12.5. The van der Waals surface area contributed by atoms with Gasteiger partial charge in [-0.15, -0.1) is 11.6 Å². The molecule has 0 fully saturated rings. The quantitative estimate of drug-likeness (QED) is 0.268. The monoisotopic (exact) mass is 298 g/mol. The van der Waals surface area contributed by atoms with Crippen LogP contribution in [0.25, 0.3) is 0 Å². The first-order valence-corrected chi connectivity index (χ1v) is 7.95. The summed E-state index contributed by atoms with van der Waals surface area (Å²) in [5.74, 6) is -2.14. The highest BCUT2D eigenvalue weighted by Gasteiger charge is 2.36. The Hall–Kier alpha value is -0.350. The fourth-order valence-electron chi connectivity index (χ4n) is 1.03. The maximum atomic E-state index is 12.5. The molecule has 0 radical (unpaired) electrons. The molecule has 0 rings (SSSR count). The number of ether oxygens (including phenoxy) is 1. The summed E-state index contributed by atoms with van der Waals surface area (Å²) in [5.41, 5.74) is 0. The Morgan fingerprint density at radius 2 is 1.83 bits per heavy atom. The molecular weight excluding hydrogens is 279 g/mol. The van der Waals surface area contributed by atoms with Crippen LogP contribution in [0.3, 0.4) is 0 Å². The highest BCUT2D eigenvalue weighted by molar-refractivity contribution is 7.54. The van der Waals surface area contributed by atoms with E-state index in [2.05, 4.69) is 6.58 Å². The van der Waals surface area contributed by atoms with Crippen LogP contribution in [-0.2, 0) is 23.1 Å². The van der Waals surface area contributed by atoms with E-state index in [1.807, 2.05) is 13.8 Å². The van der Waals surface area contributed by atoms with Gasteiger partial charge in [-0.2, -0.15) is 0 Å². The van der Waals surface area contributed by atoms with E-state index in [9.17, 15) is 9.36 Å². The van der Waals surface area contributed by atoms with E-state index in [-0.39, 0.29) is 19.1 Å². The standard InChI is InChI=1S/C11H20ClO5P/c1-4-7-15-18(14,16-8-5-2)11(6-3)17-10(13)9-12/h6,11H,3-5,7-9H2,1-2H3. The second-order valence-electron chi connectivity index (χ2n) is 3.46. The molecule has 5 nitrogen and oxygen atoms in total. The Kier molecular flexibility index (Phi) is 9.38. The normalized spacial score (nSPS) is 13.1.